The van der Waals surface area contributed by atoms with Gasteiger partial charge in [0.25, 0.3) is 0 Å². The Labute approximate surface area is 95.6 Å². The third-order valence-electron chi connectivity index (χ3n) is 3.06. The molecule has 1 saturated heterocycles. The minimum atomic E-state index is 0.617. The molecule has 2 atom stereocenters. The topological polar surface area (TPSA) is 29.9 Å². The maximum absolute atomic E-state index is 4.42. The zero-order valence-electron chi connectivity index (χ0n) is 9.87. The van der Waals surface area contributed by atoms with Crippen molar-refractivity contribution in [1.82, 2.24) is 9.78 Å². The van der Waals surface area contributed by atoms with E-state index < -0.39 is 0 Å². The molecule has 3 nitrogen and oxygen atoms in total. The number of anilines is 1. The minimum Gasteiger partial charge on any atom is -0.378 e. The number of nitrogens with zero attached hydrogens (tertiary/aromatic N) is 2. The van der Waals surface area contributed by atoms with Crippen molar-refractivity contribution in [3.8, 4) is 0 Å². The average molecular weight is 225 g/mol. The molecule has 0 aliphatic carbocycles. The standard InChI is InChI=1S/C11H19N3S/c1-7-5-10(6-15-7)12-11-8(2)13-14(4)9(11)3/h7,10,12H,5-6H2,1-4H3. The van der Waals surface area contributed by atoms with Crippen molar-refractivity contribution < 1.29 is 0 Å². The van der Waals surface area contributed by atoms with E-state index in [-0.39, 0.29) is 0 Å². The maximum atomic E-state index is 4.42. The fourth-order valence-electron chi connectivity index (χ4n) is 2.10. The van der Waals surface area contributed by atoms with E-state index in [9.17, 15) is 0 Å². The van der Waals surface area contributed by atoms with Gasteiger partial charge in [0.05, 0.1) is 17.1 Å². The number of thioether (sulfide) groups is 1. The Kier molecular flexibility index (Phi) is 2.96. The quantitative estimate of drug-likeness (QED) is 0.838. The fourth-order valence-corrected chi connectivity index (χ4v) is 3.25. The van der Waals surface area contributed by atoms with Gasteiger partial charge in [-0.3, -0.25) is 4.68 Å². The molecule has 2 rings (SSSR count). The molecule has 1 N–H and O–H groups in total. The third-order valence-corrected chi connectivity index (χ3v) is 4.41. The molecule has 0 spiro atoms. The first-order chi connectivity index (χ1) is 7.08. The van der Waals surface area contributed by atoms with Crippen LogP contribution >= 0.6 is 11.8 Å². The first-order valence-corrected chi connectivity index (χ1v) is 6.51. The Morgan fingerprint density at radius 3 is 2.67 bits per heavy atom. The van der Waals surface area contributed by atoms with Crippen molar-refractivity contribution in [1.29, 1.82) is 0 Å². The van der Waals surface area contributed by atoms with Gasteiger partial charge in [0.2, 0.25) is 0 Å². The van der Waals surface area contributed by atoms with Gasteiger partial charge in [0, 0.05) is 24.1 Å². The second-order valence-electron chi connectivity index (χ2n) is 4.39. The first-order valence-electron chi connectivity index (χ1n) is 5.46. The fraction of sp³-hybridized carbons (Fsp3) is 0.727. The molecular weight excluding hydrogens is 206 g/mol. The molecule has 1 aromatic heterocycles. The zero-order chi connectivity index (χ0) is 11.0. The predicted molar refractivity (Wildman–Crippen MR) is 66.6 cm³/mol. The summed E-state index contributed by atoms with van der Waals surface area (Å²) in [6.07, 6.45) is 1.26. The Morgan fingerprint density at radius 1 is 1.47 bits per heavy atom. The number of rotatable bonds is 2. The van der Waals surface area contributed by atoms with Crippen LogP contribution in [-0.4, -0.2) is 26.8 Å². The van der Waals surface area contributed by atoms with Crippen molar-refractivity contribution in [3.63, 3.8) is 0 Å². The minimum absolute atomic E-state index is 0.617. The SMILES string of the molecule is Cc1nn(C)c(C)c1NC1CSC(C)C1. The Morgan fingerprint density at radius 2 is 2.20 bits per heavy atom. The van der Waals surface area contributed by atoms with Gasteiger partial charge in [-0.1, -0.05) is 6.92 Å². The molecule has 0 aromatic carbocycles. The lowest BCUT2D eigenvalue weighted by Gasteiger charge is -2.13. The maximum Gasteiger partial charge on any atom is 0.0827 e. The summed E-state index contributed by atoms with van der Waals surface area (Å²) in [5.74, 6) is 1.22. The summed E-state index contributed by atoms with van der Waals surface area (Å²) >= 11 is 2.05. The highest BCUT2D eigenvalue weighted by Crippen LogP contribution is 2.30. The molecule has 0 bridgehead atoms. The van der Waals surface area contributed by atoms with Crippen LogP contribution in [0, 0.1) is 13.8 Å². The van der Waals surface area contributed by atoms with Crippen LogP contribution in [0.3, 0.4) is 0 Å². The highest BCUT2D eigenvalue weighted by atomic mass is 32.2. The van der Waals surface area contributed by atoms with Gasteiger partial charge >= 0.3 is 0 Å². The molecule has 2 heterocycles. The third kappa shape index (κ3) is 2.14. The number of aryl methyl sites for hydroxylation is 2. The van der Waals surface area contributed by atoms with Gasteiger partial charge in [0.1, 0.15) is 0 Å². The monoisotopic (exact) mass is 225 g/mol. The molecular formula is C11H19N3S. The van der Waals surface area contributed by atoms with Gasteiger partial charge < -0.3 is 5.32 Å². The Hall–Kier alpha value is -0.640. The van der Waals surface area contributed by atoms with E-state index >= 15 is 0 Å². The van der Waals surface area contributed by atoms with E-state index in [4.69, 9.17) is 0 Å². The lowest BCUT2D eigenvalue weighted by atomic mass is 10.2. The molecule has 0 radical (unpaired) electrons. The molecule has 4 heteroatoms. The summed E-state index contributed by atoms with van der Waals surface area (Å²) in [4.78, 5) is 0. The van der Waals surface area contributed by atoms with Crippen LogP contribution < -0.4 is 5.32 Å². The van der Waals surface area contributed by atoms with Crippen LogP contribution in [0.2, 0.25) is 0 Å². The summed E-state index contributed by atoms with van der Waals surface area (Å²) in [7, 11) is 2.00. The van der Waals surface area contributed by atoms with Crippen molar-refractivity contribution in [2.24, 2.45) is 7.05 Å². The summed E-state index contributed by atoms with van der Waals surface area (Å²) < 4.78 is 1.95. The zero-order valence-corrected chi connectivity index (χ0v) is 10.7. The van der Waals surface area contributed by atoms with Crippen LogP contribution in [0.4, 0.5) is 5.69 Å². The normalized spacial score (nSPS) is 25.9. The second kappa shape index (κ2) is 4.08. The molecule has 0 saturated carbocycles. The Bertz CT molecular complexity index is 359. The average Bonchev–Trinajstić information content (AvgIpc) is 2.67. The summed E-state index contributed by atoms with van der Waals surface area (Å²) in [6, 6.07) is 0.617. The molecule has 0 amide bonds. The smallest absolute Gasteiger partial charge is 0.0827 e. The predicted octanol–water partition coefficient (Wildman–Crippen LogP) is 2.34. The Balaban J connectivity index is 2.10. The highest BCUT2D eigenvalue weighted by Gasteiger charge is 2.23. The highest BCUT2D eigenvalue weighted by molar-refractivity contribution is 8.00. The number of hydrogen-bond acceptors (Lipinski definition) is 3. The van der Waals surface area contributed by atoms with Crippen LogP contribution in [0.1, 0.15) is 24.7 Å². The lowest BCUT2D eigenvalue weighted by Crippen LogP contribution is -2.19. The van der Waals surface area contributed by atoms with Crippen LogP contribution in [-0.2, 0) is 7.05 Å². The first kappa shape index (κ1) is 10.9. The van der Waals surface area contributed by atoms with Gasteiger partial charge in [0.15, 0.2) is 0 Å². The molecule has 15 heavy (non-hydrogen) atoms. The van der Waals surface area contributed by atoms with E-state index in [1.807, 2.05) is 11.7 Å². The van der Waals surface area contributed by atoms with Crippen molar-refractivity contribution >= 4 is 17.4 Å². The second-order valence-corrected chi connectivity index (χ2v) is 5.86. The molecule has 1 aromatic rings. The number of nitrogens with one attached hydrogen (secondary N) is 1. The number of hydrogen-bond donors (Lipinski definition) is 1. The largest absolute Gasteiger partial charge is 0.378 e. The molecule has 84 valence electrons. The number of aromatic nitrogens is 2. The van der Waals surface area contributed by atoms with E-state index in [2.05, 4.69) is 42.9 Å². The molecule has 1 aliphatic heterocycles. The van der Waals surface area contributed by atoms with Crippen molar-refractivity contribution in [3.05, 3.63) is 11.4 Å². The van der Waals surface area contributed by atoms with E-state index in [0.717, 1.165) is 10.9 Å². The summed E-state index contributed by atoms with van der Waals surface area (Å²) in [5.41, 5.74) is 3.58. The molecule has 1 fully saturated rings. The van der Waals surface area contributed by atoms with Gasteiger partial charge in [-0.05, 0) is 20.3 Å². The summed E-state index contributed by atoms with van der Waals surface area (Å²) in [5, 5.41) is 8.84. The summed E-state index contributed by atoms with van der Waals surface area (Å²) in [6.45, 7) is 6.49. The van der Waals surface area contributed by atoms with E-state index in [1.54, 1.807) is 0 Å². The van der Waals surface area contributed by atoms with Crippen LogP contribution in [0.5, 0.6) is 0 Å². The molecule has 2 unspecified atom stereocenters. The lowest BCUT2D eigenvalue weighted by molar-refractivity contribution is 0.728. The van der Waals surface area contributed by atoms with Crippen molar-refractivity contribution in [2.45, 2.75) is 38.5 Å². The van der Waals surface area contributed by atoms with Gasteiger partial charge in [-0.2, -0.15) is 16.9 Å². The van der Waals surface area contributed by atoms with Crippen molar-refractivity contribution in [2.75, 3.05) is 11.1 Å². The van der Waals surface area contributed by atoms with Gasteiger partial charge in [-0.25, -0.2) is 0 Å². The van der Waals surface area contributed by atoms with E-state index in [1.165, 1.54) is 23.6 Å². The van der Waals surface area contributed by atoms with Crippen LogP contribution in [0.25, 0.3) is 0 Å². The molecule has 1 aliphatic rings. The van der Waals surface area contributed by atoms with Crippen LogP contribution in [0.15, 0.2) is 0 Å². The van der Waals surface area contributed by atoms with E-state index in [0.29, 0.717) is 6.04 Å². The van der Waals surface area contributed by atoms with Gasteiger partial charge in [-0.15, -0.1) is 0 Å².